The minimum Gasteiger partial charge on any atom is -0.467 e. The summed E-state index contributed by atoms with van der Waals surface area (Å²) in [5.74, 6) is -0.557. The Balaban J connectivity index is 1.91. The Labute approximate surface area is 195 Å². The molecule has 1 N–H and O–H groups in total. The molecule has 0 unspecified atom stereocenters. The first-order chi connectivity index (χ1) is 15.4. The number of esters is 1. The molecule has 0 aromatic heterocycles. The molecule has 1 aliphatic rings. The lowest BCUT2D eigenvalue weighted by molar-refractivity contribution is -0.143. The van der Waals surface area contributed by atoms with Gasteiger partial charge in [0.05, 0.1) is 19.8 Å². The van der Waals surface area contributed by atoms with E-state index in [1.54, 1.807) is 4.90 Å². The van der Waals surface area contributed by atoms with Crippen molar-refractivity contribution in [3.63, 3.8) is 0 Å². The van der Waals surface area contributed by atoms with Crippen LogP contribution >= 0.6 is 0 Å². The highest BCUT2D eigenvalue weighted by molar-refractivity contribution is 5.81. The maximum Gasteiger partial charge on any atom is 0.412 e. The van der Waals surface area contributed by atoms with Gasteiger partial charge < -0.3 is 24.3 Å². The Morgan fingerprint density at radius 3 is 2.48 bits per heavy atom. The van der Waals surface area contributed by atoms with E-state index in [9.17, 15) is 14.4 Å². The van der Waals surface area contributed by atoms with Gasteiger partial charge in [0.2, 0.25) is 0 Å². The van der Waals surface area contributed by atoms with Crippen molar-refractivity contribution < 1.29 is 33.3 Å². The van der Waals surface area contributed by atoms with Crippen LogP contribution in [0.15, 0.2) is 30.3 Å². The summed E-state index contributed by atoms with van der Waals surface area (Å²) in [4.78, 5) is 38.7. The molecule has 9 nitrogen and oxygen atoms in total. The van der Waals surface area contributed by atoms with Crippen molar-refractivity contribution in [2.75, 3.05) is 13.7 Å². The zero-order chi connectivity index (χ0) is 24.6. The molecule has 0 saturated carbocycles. The minimum absolute atomic E-state index is 0.0971. The van der Waals surface area contributed by atoms with Crippen LogP contribution in [0.1, 0.15) is 59.4 Å². The molecule has 0 aliphatic carbocycles. The molecule has 2 atom stereocenters. The molecule has 1 aromatic carbocycles. The first kappa shape index (κ1) is 26.4. The van der Waals surface area contributed by atoms with Crippen LogP contribution in [0, 0.1) is 0 Å². The SMILES string of the molecule is COC(=O)[C@@H](CCC[C@H]1COC(C)(C)N1C(=O)OC(C)(C)C)NC(=O)OCc1ccccc1. The summed E-state index contributed by atoms with van der Waals surface area (Å²) in [5, 5.41) is 2.57. The van der Waals surface area contributed by atoms with Crippen LogP contribution in [0.2, 0.25) is 0 Å². The second-order valence-corrected chi connectivity index (χ2v) is 9.47. The Kier molecular flexibility index (Phi) is 9.10. The molecule has 0 radical (unpaired) electrons. The highest BCUT2D eigenvalue weighted by Crippen LogP contribution is 2.31. The van der Waals surface area contributed by atoms with E-state index in [4.69, 9.17) is 18.9 Å². The summed E-state index contributed by atoms with van der Waals surface area (Å²) < 4.78 is 21.4. The summed E-state index contributed by atoms with van der Waals surface area (Å²) in [5.41, 5.74) is -0.581. The van der Waals surface area contributed by atoms with Gasteiger partial charge in [-0.1, -0.05) is 30.3 Å². The Morgan fingerprint density at radius 1 is 1.21 bits per heavy atom. The molecule has 33 heavy (non-hydrogen) atoms. The molecule has 2 amide bonds. The monoisotopic (exact) mass is 464 g/mol. The Hall–Kier alpha value is -2.81. The zero-order valence-electron chi connectivity index (χ0n) is 20.4. The van der Waals surface area contributed by atoms with Gasteiger partial charge >= 0.3 is 18.2 Å². The Morgan fingerprint density at radius 2 is 1.88 bits per heavy atom. The van der Waals surface area contributed by atoms with Gasteiger partial charge in [-0.3, -0.25) is 4.90 Å². The highest BCUT2D eigenvalue weighted by Gasteiger charge is 2.45. The first-order valence-corrected chi connectivity index (χ1v) is 11.1. The largest absolute Gasteiger partial charge is 0.467 e. The van der Waals surface area contributed by atoms with E-state index in [1.165, 1.54) is 7.11 Å². The molecule has 1 fully saturated rings. The maximum absolute atomic E-state index is 12.7. The van der Waals surface area contributed by atoms with E-state index >= 15 is 0 Å². The fraction of sp³-hybridized carbons (Fsp3) is 0.625. The lowest BCUT2D eigenvalue weighted by atomic mass is 10.0. The highest BCUT2D eigenvalue weighted by atomic mass is 16.6. The fourth-order valence-corrected chi connectivity index (χ4v) is 3.63. The summed E-state index contributed by atoms with van der Waals surface area (Å²) in [6, 6.07) is 8.18. The molecular weight excluding hydrogens is 428 g/mol. The van der Waals surface area contributed by atoms with Crippen LogP contribution in [0.3, 0.4) is 0 Å². The topological polar surface area (TPSA) is 103 Å². The van der Waals surface area contributed by atoms with E-state index in [-0.39, 0.29) is 12.6 Å². The summed E-state index contributed by atoms with van der Waals surface area (Å²) in [7, 11) is 1.27. The number of alkyl carbamates (subject to hydrolysis) is 1. The van der Waals surface area contributed by atoms with Crippen molar-refractivity contribution in [1.82, 2.24) is 10.2 Å². The number of hydrogen-bond acceptors (Lipinski definition) is 7. The molecule has 0 spiro atoms. The van der Waals surface area contributed by atoms with E-state index in [0.717, 1.165) is 5.56 Å². The first-order valence-electron chi connectivity index (χ1n) is 11.1. The van der Waals surface area contributed by atoms with Gasteiger partial charge in [-0.25, -0.2) is 14.4 Å². The molecule has 184 valence electrons. The molecule has 0 bridgehead atoms. The quantitative estimate of drug-likeness (QED) is 0.458. The van der Waals surface area contributed by atoms with Gasteiger partial charge in [0.1, 0.15) is 24.0 Å². The van der Waals surface area contributed by atoms with E-state index in [2.05, 4.69) is 5.32 Å². The molecule has 1 saturated heterocycles. The van der Waals surface area contributed by atoms with Gasteiger partial charge in [0.15, 0.2) is 0 Å². The lowest BCUT2D eigenvalue weighted by Crippen LogP contribution is -2.50. The number of nitrogens with one attached hydrogen (secondary N) is 1. The van der Waals surface area contributed by atoms with Crippen LogP contribution in [-0.2, 0) is 30.3 Å². The van der Waals surface area contributed by atoms with Crippen molar-refractivity contribution in [1.29, 1.82) is 0 Å². The standard InChI is InChI=1S/C24H36N2O7/c1-23(2,3)33-22(29)26-18(16-32-24(26,4)5)13-10-14-19(20(27)30-6)25-21(28)31-15-17-11-8-7-9-12-17/h7-9,11-12,18-19H,10,13-16H2,1-6H3,(H,25,28)/t18-,19+/m0/s1. The van der Waals surface area contributed by atoms with Gasteiger partial charge in [-0.05, 0) is 59.4 Å². The number of amides is 2. The number of rotatable bonds is 8. The second-order valence-electron chi connectivity index (χ2n) is 9.47. The molecule has 9 heteroatoms. The van der Waals surface area contributed by atoms with E-state index < -0.39 is 35.5 Å². The minimum atomic E-state index is -0.858. The average molecular weight is 465 g/mol. The smallest absolute Gasteiger partial charge is 0.412 e. The fourth-order valence-electron chi connectivity index (χ4n) is 3.63. The van der Waals surface area contributed by atoms with Crippen molar-refractivity contribution in [3.05, 3.63) is 35.9 Å². The molecular formula is C24H36N2O7. The van der Waals surface area contributed by atoms with Crippen molar-refractivity contribution in [2.24, 2.45) is 0 Å². The average Bonchev–Trinajstić information content (AvgIpc) is 3.04. The summed E-state index contributed by atoms with van der Waals surface area (Å²) in [6.07, 6.45) is 0.294. The second kappa shape index (κ2) is 11.4. The number of ether oxygens (including phenoxy) is 4. The number of benzene rings is 1. The zero-order valence-corrected chi connectivity index (χ0v) is 20.4. The van der Waals surface area contributed by atoms with Crippen molar-refractivity contribution >= 4 is 18.2 Å². The predicted molar refractivity (Wildman–Crippen MR) is 121 cm³/mol. The third kappa shape index (κ3) is 8.24. The van der Waals surface area contributed by atoms with Crippen LogP contribution in [0.25, 0.3) is 0 Å². The van der Waals surface area contributed by atoms with Crippen molar-refractivity contribution in [2.45, 2.75) is 83.9 Å². The van der Waals surface area contributed by atoms with Crippen LogP contribution < -0.4 is 5.32 Å². The van der Waals surface area contributed by atoms with Crippen LogP contribution in [0.4, 0.5) is 9.59 Å². The summed E-state index contributed by atoms with van der Waals surface area (Å²) in [6.45, 7) is 9.53. The van der Waals surface area contributed by atoms with Gasteiger partial charge in [0, 0.05) is 0 Å². The van der Waals surface area contributed by atoms with E-state index in [0.29, 0.717) is 25.9 Å². The Bertz CT molecular complexity index is 805. The predicted octanol–water partition coefficient (Wildman–Crippen LogP) is 4.00. The molecule has 2 rings (SSSR count). The number of methoxy groups -OCH3 is 1. The van der Waals surface area contributed by atoms with Gasteiger partial charge in [-0.15, -0.1) is 0 Å². The van der Waals surface area contributed by atoms with Crippen molar-refractivity contribution in [3.8, 4) is 0 Å². The molecule has 1 heterocycles. The normalized spacial score (nSPS) is 18.4. The summed E-state index contributed by atoms with van der Waals surface area (Å²) >= 11 is 0. The van der Waals surface area contributed by atoms with Gasteiger partial charge in [-0.2, -0.15) is 0 Å². The number of carbonyl (C=O) groups excluding carboxylic acids is 3. The van der Waals surface area contributed by atoms with Crippen LogP contribution in [-0.4, -0.2) is 60.2 Å². The van der Waals surface area contributed by atoms with Gasteiger partial charge in [0.25, 0.3) is 0 Å². The molecule has 1 aliphatic heterocycles. The third-order valence-corrected chi connectivity index (χ3v) is 5.19. The number of nitrogens with zero attached hydrogens (tertiary/aromatic N) is 1. The lowest BCUT2D eigenvalue weighted by Gasteiger charge is -2.35. The van der Waals surface area contributed by atoms with E-state index in [1.807, 2.05) is 65.0 Å². The van der Waals surface area contributed by atoms with Crippen LogP contribution in [0.5, 0.6) is 0 Å². The third-order valence-electron chi connectivity index (χ3n) is 5.19. The molecule has 1 aromatic rings. The maximum atomic E-state index is 12.7. The number of carbonyl (C=O) groups is 3. The number of hydrogen-bond donors (Lipinski definition) is 1.